The average Bonchev–Trinajstić information content (AvgIpc) is 2.48. The summed E-state index contributed by atoms with van der Waals surface area (Å²) in [7, 11) is -3.53. The van der Waals surface area contributed by atoms with Crippen molar-refractivity contribution in [1.29, 1.82) is 0 Å². The number of aryl methyl sites for hydroxylation is 2. The zero-order chi connectivity index (χ0) is 18.1. The predicted octanol–water partition coefficient (Wildman–Crippen LogP) is 3.11. The zero-order valence-electron chi connectivity index (χ0n) is 15.4. The minimum atomic E-state index is -3.53. The van der Waals surface area contributed by atoms with E-state index in [1.54, 1.807) is 4.90 Å². The van der Waals surface area contributed by atoms with Crippen molar-refractivity contribution in [3.05, 3.63) is 34.9 Å². The molecule has 1 amide bonds. The zero-order valence-corrected chi connectivity index (χ0v) is 16.2. The smallest absolute Gasteiger partial charge is 0.240 e. The summed E-state index contributed by atoms with van der Waals surface area (Å²) in [6.07, 6.45) is 1.09. The van der Waals surface area contributed by atoms with Crippen molar-refractivity contribution in [3.63, 3.8) is 0 Å². The lowest BCUT2D eigenvalue weighted by Crippen LogP contribution is -2.48. The maximum absolute atomic E-state index is 12.8. The Balaban J connectivity index is 2.16. The molecule has 1 heterocycles. The van der Waals surface area contributed by atoms with Crippen LogP contribution in [0.1, 0.15) is 43.9 Å². The molecular weight excluding hydrogens is 322 g/mol. The second kappa shape index (κ2) is 7.26. The van der Waals surface area contributed by atoms with Gasteiger partial charge in [0.05, 0.1) is 5.75 Å². The maximum atomic E-state index is 12.8. The molecule has 1 aliphatic heterocycles. The minimum absolute atomic E-state index is 0.0770. The van der Waals surface area contributed by atoms with E-state index >= 15 is 0 Å². The van der Waals surface area contributed by atoms with Gasteiger partial charge in [-0.2, -0.15) is 0 Å². The van der Waals surface area contributed by atoms with Crippen LogP contribution in [0.5, 0.6) is 0 Å². The fourth-order valence-electron chi connectivity index (χ4n) is 3.55. The molecule has 0 bridgehead atoms. The summed E-state index contributed by atoms with van der Waals surface area (Å²) in [6.45, 7) is 10.9. The number of hydrogen-bond donors (Lipinski definition) is 0. The van der Waals surface area contributed by atoms with E-state index in [0.29, 0.717) is 24.9 Å². The van der Waals surface area contributed by atoms with Gasteiger partial charge in [-0.15, -0.1) is 0 Å². The highest BCUT2D eigenvalue weighted by atomic mass is 32.2. The number of carbonyl (C=O) groups is 1. The van der Waals surface area contributed by atoms with Crippen molar-refractivity contribution < 1.29 is 13.2 Å². The summed E-state index contributed by atoms with van der Waals surface area (Å²) in [5, 5.41) is -0.991. The van der Waals surface area contributed by atoms with Crippen molar-refractivity contribution >= 4 is 15.7 Å². The molecular formula is C19H29NO3S. The van der Waals surface area contributed by atoms with E-state index in [-0.39, 0.29) is 11.7 Å². The van der Waals surface area contributed by atoms with Crippen molar-refractivity contribution in [2.24, 2.45) is 11.8 Å². The first-order valence-corrected chi connectivity index (χ1v) is 10.4. The molecule has 1 fully saturated rings. The Hall–Kier alpha value is -1.36. The van der Waals surface area contributed by atoms with Gasteiger partial charge in [-0.05, 0) is 50.2 Å². The van der Waals surface area contributed by atoms with Gasteiger partial charge in [0.25, 0.3) is 0 Å². The van der Waals surface area contributed by atoms with Gasteiger partial charge in [0.2, 0.25) is 5.91 Å². The second-order valence-corrected chi connectivity index (χ2v) is 9.89. The SMILES string of the molecule is Cc1ccc(C)c(CS(=O)(=O)[C@H](C)C(=O)N2C[C@H](C)C[C@@H](C)C2)c1. The highest BCUT2D eigenvalue weighted by Crippen LogP contribution is 2.24. The fraction of sp³-hybridized carbons (Fsp3) is 0.632. The average molecular weight is 352 g/mol. The van der Waals surface area contributed by atoms with E-state index < -0.39 is 15.1 Å². The van der Waals surface area contributed by atoms with Crippen LogP contribution in [0.15, 0.2) is 18.2 Å². The Morgan fingerprint density at radius 1 is 1.21 bits per heavy atom. The lowest BCUT2D eigenvalue weighted by Gasteiger charge is -2.36. The Morgan fingerprint density at radius 2 is 1.79 bits per heavy atom. The Labute approximate surface area is 146 Å². The van der Waals surface area contributed by atoms with Gasteiger partial charge < -0.3 is 4.90 Å². The third-order valence-corrected chi connectivity index (χ3v) is 6.92. The van der Waals surface area contributed by atoms with E-state index in [1.165, 1.54) is 6.92 Å². The van der Waals surface area contributed by atoms with Gasteiger partial charge in [0.1, 0.15) is 5.25 Å². The lowest BCUT2D eigenvalue weighted by molar-refractivity contribution is -0.133. The molecule has 0 spiro atoms. The molecule has 0 saturated carbocycles. The van der Waals surface area contributed by atoms with Crippen LogP contribution in [-0.4, -0.2) is 37.6 Å². The van der Waals surface area contributed by atoms with Crippen LogP contribution in [0, 0.1) is 25.7 Å². The van der Waals surface area contributed by atoms with Gasteiger partial charge in [-0.3, -0.25) is 4.79 Å². The number of nitrogens with zero attached hydrogens (tertiary/aromatic N) is 1. The summed E-state index contributed by atoms with van der Waals surface area (Å²) in [5.41, 5.74) is 2.77. The molecule has 5 heteroatoms. The number of benzene rings is 1. The van der Waals surface area contributed by atoms with Crippen LogP contribution in [-0.2, 0) is 20.4 Å². The number of sulfone groups is 1. The highest BCUT2D eigenvalue weighted by Gasteiger charge is 2.34. The molecule has 0 unspecified atom stereocenters. The molecule has 0 N–H and O–H groups in total. The maximum Gasteiger partial charge on any atom is 0.240 e. The molecule has 1 saturated heterocycles. The molecule has 4 nitrogen and oxygen atoms in total. The van der Waals surface area contributed by atoms with Gasteiger partial charge >= 0.3 is 0 Å². The fourth-order valence-corrected chi connectivity index (χ4v) is 5.00. The first kappa shape index (κ1) is 19.0. The monoisotopic (exact) mass is 351 g/mol. The topological polar surface area (TPSA) is 54.5 Å². The number of carbonyl (C=O) groups excluding carboxylic acids is 1. The van der Waals surface area contributed by atoms with E-state index in [4.69, 9.17) is 0 Å². The van der Waals surface area contributed by atoms with Crippen LogP contribution in [0.3, 0.4) is 0 Å². The van der Waals surface area contributed by atoms with E-state index in [2.05, 4.69) is 13.8 Å². The summed E-state index contributed by atoms with van der Waals surface area (Å²) in [6, 6.07) is 5.80. The van der Waals surface area contributed by atoms with Crippen LogP contribution >= 0.6 is 0 Å². The quantitative estimate of drug-likeness (QED) is 0.837. The summed E-state index contributed by atoms with van der Waals surface area (Å²) >= 11 is 0. The van der Waals surface area contributed by atoms with Crippen molar-refractivity contribution in [2.45, 2.75) is 52.0 Å². The van der Waals surface area contributed by atoms with E-state index in [9.17, 15) is 13.2 Å². The number of rotatable bonds is 4. The summed E-state index contributed by atoms with van der Waals surface area (Å²) in [4.78, 5) is 14.5. The molecule has 0 aliphatic carbocycles. The van der Waals surface area contributed by atoms with Crippen LogP contribution in [0.4, 0.5) is 0 Å². The summed E-state index contributed by atoms with van der Waals surface area (Å²) in [5.74, 6) is 0.517. The van der Waals surface area contributed by atoms with Crippen LogP contribution in [0.25, 0.3) is 0 Å². The Morgan fingerprint density at radius 3 is 2.38 bits per heavy atom. The van der Waals surface area contributed by atoms with Gasteiger partial charge in [-0.25, -0.2) is 8.42 Å². The van der Waals surface area contributed by atoms with Crippen molar-refractivity contribution in [3.8, 4) is 0 Å². The molecule has 2 rings (SSSR count). The Kier molecular flexibility index (Phi) is 5.74. The molecule has 134 valence electrons. The minimum Gasteiger partial charge on any atom is -0.341 e. The molecule has 24 heavy (non-hydrogen) atoms. The van der Waals surface area contributed by atoms with Crippen LogP contribution < -0.4 is 0 Å². The molecule has 0 radical (unpaired) electrons. The Bertz CT molecular complexity index is 701. The van der Waals surface area contributed by atoms with Crippen LogP contribution in [0.2, 0.25) is 0 Å². The highest BCUT2D eigenvalue weighted by molar-refractivity contribution is 7.92. The normalized spacial score (nSPS) is 23.1. The number of amides is 1. The largest absolute Gasteiger partial charge is 0.341 e. The van der Waals surface area contributed by atoms with Gasteiger partial charge in [0, 0.05) is 13.1 Å². The van der Waals surface area contributed by atoms with Crippen molar-refractivity contribution in [1.82, 2.24) is 4.90 Å². The number of piperidine rings is 1. The molecule has 1 aliphatic rings. The predicted molar refractivity (Wildman–Crippen MR) is 97.5 cm³/mol. The van der Waals surface area contributed by atoms with Crippen molar-refractivity contribution in [2.75, 3.05) is 13.1 Å². The summed E-state index contributed by atoms with van der Waals surface area (Å²) < 4.78 is 25.5. The lowest BCUT2D eigenvalue weighted by atomic mass is 9.92. The van der Waals surface area contributed by atoms with E-state index in [1.807, 2.05) is 32.0 Å². The van der Waals surface area contributed by atoms with E-state index in [0.717, 1.165) is 23.1 Å². The number of hydrogen-bond acceptors (Lipinski definition) is 3. The third-order valence-electron chi connectivity index (χ3n) is 4.93. The first-order chi connectivity index (χ1) is 11.1. The second-order valence-electron chi connectivity index (χ2n) is 7.57. The molecule has 1 aromatic carbocycles. The van der Waals surface area contributed by atoms with Gasteiger partial charge in [0.15, 0.2) is 9.84 Å². The number of likely N-dealkylation sites (tertiary alicyclic amines) is 1. The third kappa shape index (κ3) is 4.38. The molecule has 3 atom stereocenters. The molecule has 0 aromatic heterocycles. The standard InChI is InChI=1S/C19H29NO3S/c1-13-6-7-16(4)18(9-13)12-24(22,23)17(5)19(21)20-10-14(2)8-15(3)11-20/h6-7,9,14-15,17H,8,10-12H2,1-5H3/t14-,15-,17-/m1/s1. The first-order valence-electron chi connectivity index (χ1n) is 8.66. The van der Waals surface area contributed by atoms with Gasteiger partial charge in [-0.1, -0.05) is 37.6 Å². The molecule has 1 aromatic rings.